The van der Waals surface area contributed by atoms with E-state index in [-0.39, 0.29) is 17.5 Å². The Balaban J connectivity index is 1.19. The molecule has 0 saturated heterocycles. The summed E-state index contributed by atoms with van der Waals surface area (Å²) in [6.45, 7) is 13.8. The van der Waals surface area contributed by atoms with Crippen molar-refractivity contribution in [2.75, 3.05) is 9.80 Å². The largest absolute Gasteiger partial charge is 0.311 e. The second-order valence-electron chi connectivity index (χ2n) is 20.5. The average Bonchev–Trinajstić information content (AvgIpc) is 3.34. The van der Waals surface area contributed by atoms with Crippen molar-refractivity contribution in [3.05, 3.63) is 223 Å². The molecule has 2 nitrogen and oxygen atoms in total. The second-order valence-corrected chi connectivity index (χ2v) is 24.2. The molecule has 0 aromatic heterocycles. The summed E-state index contributed by atoms with van der Waals surface area (Å²) in [4.78, 5) is 5.23. The molecule has 4 heteroatoms. The van der Waals surface area contributed by atoms with Crippen molar-refractivity contribution in [3.63, 3.8) is 0 Å². The van der Waals surface area contributed by atoms with Gasteiger partial charge < -0.3 is 9.80 Å². The fraction of sp³-hybridized carbons (Fsp3) is 0.129. The number of para-hydroxylation sites is 2. The van der Waals surface area contributed by atoms with Gasteiger partial charge >= 0.3 is 0 Å². The monoisotopic (exact) mass is 864 g/mol. The Hall–Kier alpha value is -7.14. The van der Waals surface area contributed by atoms with Crippen LogP contribution < -0.4 is 46.9 Å². The Labute approximate surface area is 392 Å². The molecule has 0 bridgehead atoms. The van der Waals surface area contributed by atoms with Crippen LogP contribution in [-0.2, 0) is 10.8 Å². The highest BCUT2D eigenvalue weighted by atomic mass is 28.3. The molecule has 0 unspecified atom stereocenters. The lowest BCUT2D eigenvalue weighted by molar-refractivity contribution is 0.590. The maximum atomic E-state index is 2.62. The fourth-order valence-corrected chi connectivity index (χ4v) is 16.9. The van der Waals surface area contributed by atoms with Gasteiger partial charge in [0.1, 0.15) is 0 Å². The van der Waals surface area contributed by atoms with E-state index < -0.39 is 8.07 Å². The molecule has 66 heavy (non-hydrogen) atoms. The molecule has 9 aromatic carbocycles. The van der Waals surface area contributed by atoms with Crippen LogP contribution in [0.15, 0.2) is 212 Å². The number of hydrogen-bond acceptors (Lipinski definition) is 2. The van der Waals surface area contributed by atoms with Crippen LogP contribution in [0.2, 0.25) is 0 Å². The highest BCUT2D eigenvalue weighted by molar-refractivity contribution is 7.27. The molecule has 0 spiro atoms. The number of rotatable bonds is 6. The zero-order chi connectivity index (χ0) is 45.0. The third-order valence-electron chi connectivity index (χ3n) is 14.7. The van der Waals surface area contributed by atoms with Crippen LogP contribution in [-0.4, -0.2) is 14.8 Å². The first-order valence-corrected chi connectivity index (χ1v) is 25.6. The molecule has 0 N–H and O–H groups in total. The van der Waals surface area contributed by atoms with Crippen LogP contribution in [0, 0.1) is 0 Å². The molecule has 3 aliphatic rings. The lowest BCUT2D eigenvalue weighted by Gasteiger charge is -2.51. The number of anilines is 6. The van der Waals surface area contributed by atoms with E-state index >= 15 is 0 Å². The molecule has 318 valence electrons. The third kappa shape index (κ3) is 5.94. The van der Waals surface area contributed by atoms with Crippen molar-refractivity contribution in [1.29, 1.82) is 0 Å². The first kappa shape index (κ1) is 40.4. The number of hydrogen-bond donors (Lipinski definition) is 0. The lowest BCUT2D eigenvalue weighted by atomic mass is 9.33. The van der Waals surface area contributed by atoms with Crippen molar-refractivity contribution in [3.8, 4) is 22.3 Å². The van der Waals surface area contributed by atoms with Gasteiger partial charge in [-0.15, -0.1) is 0 Å². The summed E-state index contributed by atoms with van der Waals surface area (Å²) in [7, 11) is -2.97. The first-order chi connectivity index (χ1) is 32.0. The van der Waals surface area contributed by atoms with Gasteiger partial charge in [-0.05, 0) is 107 Å². The van der Waals surface area contributed by atoms with E-state index in [4.69, 9.17) is 0 Å². The molecule has 9 aromatic rings. The summed E-state index contributed by atoms with van der Waals surface area (Å²) >= 11 is 0. The van der Waals surface area contributed by atoms with Gasteiger partial charge in [0.2, 0.25) is 0 Å². The van der Waals surface area contributed by atoms with Gasteiger partial charge in [0, 0.05) is 33.9 Å². The Morgan fingerprint density at radius 3 is 1.05 bits per heavy atom. The van der Waals surface area contributed by atoms with Crippen LogP contribution in [0.25, 0.3) is 22.3 Å². The maximum Gasteiger partial charge on any atom is 0.251 e. The van der Waals surface area contributed by atoms with Gasteiger partial charge in [-0.1, -0.05) is 217 Å². The van der Waals surface area contributed by atoms with Crippen molar-refractivity contribution in [2.45, 2.75) is 52.4 Å². The molecular formula is C62H53BN2Si. The Kier molecular flexibility index (Phi) is 9.15. The van der Waals surface area contributed by atoms with E-state index in [1.54, 1.807) is 0 Å². The minimum absolute atomic E-state index is 0.0330. The Morgan fingerprint density at radius 1 is 0.318 bits per heavy atom. The zero-order valence-corrected chi connectivity index (χ0v) is 39.7. The van der Waals surface area contributed by atoms with E-state index in [1.807, 2.05) is 0 Å². The molecule has 3 heterocycles. The summed E-state index contributed by atoms with van der Waals surface area (Å²) in [6, 6.07) is 81.2. The van der Waals surface area contributed by atoms with Gasteiger partial charge in [0.05, 0.1) is 11.4 Å². The van der Waals surface area contributed by atoms with Crippen LogP contribution >= 0.6 is 0 Å². The van der Waals surface area contributed by atoms with E-state index in [9.17, 15) is 0 Å². The van der Waals surface area contributed by atoms with E-state index in [1.165, 1.54) is 105 Å². The van der Waals surface area contributed by atoms with Gasteiger partial charge in [-0.3, -0.25) is 0 Å². The minimum atomic E-state index is -2.97. The quantitative estimate of drug-likeness (QED) is 0.154. The molecule has 0 atom stereocenters. The number of nitrogens with zero attached hydrogens (tertiary/aromatic N) is 2. The standard InChI is InChI=1S/C62H53BN2Si/c1-61(2,3)44-38-34-42(35-39-44)48-24-13-15-26-50(48)64-52-28-17-29-53-58(52)63-59-54(64)30-18-32-56(59)66(46-20-9-7-10-21-46,47-22-11-8-12-23-47)57-33-19-31-55(60(57)63)65(53)51-27-16-14-25-49(51)43-36-40-45(41-37-43)62(4,5)6/h7-41H,1-6H3. The summed E-state index contributed by atoms with van der Waals surface area (Å²) in [5.74, 6) is 0. The Bertz CT molecular complexity index is 3110. The van der Waals surface area contributed by atoms with Gasteiger partial charge in [-0.2, -0.15) is 0 Å². The average molecular weight is 865 g/mol. The van der Waals surface area contributed by atoms with Gasteiger partial charge in [0.15, 0.2) is 8.07 Å². The van der Waals surface area contributed by atoms with Crippen molar-refractivity contribution < 1.29 is 0 Å². The predicted molar refractivity (Wildman–Crippen MR) is 286 cm³/mol. The van der Waals surface area contributed by atoms with Crippen LogP contribution in [0.5, 0.6) is 0 Å². The van der Waals surface area contributed by atoms with Crippen LogP contribution in [0.1, 0.15) is 52.7 Å². The highest BCUT2D eigenvalue weighted by Crippen LogP contribution is 2.48. The van der Waals surface area contributed by atoms with E-state index in [2.05, 4.69) is 264 Å². The van der Waals surface area contributed by atoms with Crippen molar-refractivity contribution in [2.24, 2.45) is 0 Å². The first-order valence-electron chi connectivity index (χ1n) is 23.6. The SMILES string of the molecule is CC(C)(C)c1ccc(-c2ccccc2N2c3cccc4c3B3c5c2cccc5[Si](c2ccccc2)(c2ccccc2)c2cccc(c23)N4c2ccccc2-c2ccc(C(C)(C)C)cc2)cc1. The summed E-state index contributed by atoms with van der Waals surface area (Å²) in [5, 5.41) is 5.74. The fourth-order valence-electron chi connectivity index (χ4n) is 11.6. The molecule has 12 rings (SSSR count). The summed E-state index contributed by atoms with van der Waals surface area (Å²) in [5.41, 5.74) is 19.2. The third-order valence-corrected chi connectivity index (χ3v) is 19.6. The zero-order valence-electron chi connectivity index (χ0n) is 38.7. The lowest BCUT2D eigenvalue weighted by Crippen LogP contribution is -2.88. The molecule has 3 aliphatic heterocycles. The topological polar surface area (TPSA) is 6.48 Å². The minimum Gasteiger partial charge on any atom is -0.311 e. The molecule has 0 saturated carbocycles. The van der Waals surface area contributed by atoms with Crippen LogP contribution in [0.4, 0.5) is 34.1 Å². The van der Waals surface area contributed by atoms with Gasteiger partial charge in [0.25, 0.3) is 6.71 Å². The molecule has 0 aliphatic carbocycles. The molecule has 0 fully saturated rings. The molecule has 0 radical (unpaired) electrons. The van der Waals surface area contributed by atoms with Crippen molar-refractivity contribution in [1.82, 2.24) is 0 Å². The molecule has 0 amide bonds. The maximum absolute atomic E-state index is 2.97. The smallest absolute Gasteiger partial charge is 0.251 e. The second kappa shape index (κ2) is 15.0. The normalized spacial score (nSPS) is 14.2. The summed E-state index contributed by atoms with van der Waals surface area (Å²) < 4.78 is 0. The van der Waals surface area contributed by atoms with Gasteiger partial charge in [-0.25, -0.2) is 0 Å². The van der Waals surface area contributed by atoms with E-state index in [0.29, 0.717) is 0 Å². The van der Waals surface area contributed by atoms with Crippen molar-refractivity contribution >= 4 is 86.0 Å². The van der Waals surface area contributed by atoms with E-state index in [0.717, 1.165) is 0 Å². The Morgan fingerprint density at radius 2 is 0.652 bits per heavy atom. The predicted octanol–water partition coefficient (Wildman–Crippen LogP) is 11.4. The number of benzene rings is 9. The summed E-state index contributed by atoms with van der Waals surface area (Å²) in [6.07, 6.45) is 0. The molecular weight excluding hydrogens is 812 g/mol. The van der Waals surface area contributed by atoms with Crippen LogP contribution in [0.3, 0.4) is 0 Å². The highest BCUT2D eigenvalue weighted by Gasteiger charge is 2.56.